The molecule has 0 saturated carbocycles. The first kappa shape index (κ1) is 14.2. The van der Waals surface area contributed by atoms with Gasteiger partial charge in [0, 0.05) is 41.4 Å². The molecule has 2 aromatic rings. The monoisotopic (exact) mass is 317 g/mol. The number of nitrogens with zero attached hydrogens (tertiary/aromatic N) is 1. The van der Waals surface area contributed by atoms with Crippen molar-refractivity contribution in [3.8, 4) is 0 Å². The van der Waals surface area contributed by atoms with Gasteiger partial charge >= 0.3 is 0 Å². The van der Waals surface area contributed by atoms with E-state index in [0.717, 1.165) is 47.3 Å². The average Bonchev–Trinajstić information content (AvgIpc) is 2.98. The molecule has 4 nitrogen and oxygen atoms in total. The van der Waals surface area contributed by atoms with Gasteiger partial charge in [-0.2, -0.15) is 0 Å². The fourth-order valence-corrected chi connectivity index (χ4v) is 4.25. The van der Waals surface area contributed by atoms with Crippen molar-refractivity contribution >= 4 is 27.1 Å². The van der Waals surface area contributed by atoms with Crippen molar-refractivity contribution in [3.05, 3.63) is 39.4 Å². The van der Waals surface area contributed by atoms with Crippen LogP contribution in [0.15, 0.2) is 28.4 Å². The Labute approximate surface area is 133 Å². The molecule has 3 heterocycles. The molecule has 0 aliphatic carbocycles. The van der Waals surface area contributed by atoms with Gasteiger partial charge in [-0.15, -0.1) is 11.3 Å². The summed E-state index contributed by atoms with van der Waals surface area (Å²) in [7, 11) is 0. The quantitative estimate of drug-likeness (QED) is 0.811. The highest BCUT2D eigenvalue weighted by Gasteiger charge is 2.40. The lowest BCUT2D eigenvalue weighted by atomic mass is 10.0. The highest BCUT2D eigenvalue weighted by molar-refractivity contribution is 7.16. The van der Waals surface area contributed by atoms with Crippen LogP contribution in [0.25, 0.3) is 10.1 Å². The lowest BCUT2D eigenvalue weighted by molar-refractivity contribution is -0.169. The summed E-state index contributed by atoms with van der Waals surface area (Å²) < 4.78 is 12.6. The maximum Gasteiger partial charge on any atom is 0.211 e. The molecular formula is C17H19NO3S. The van der Waals surface area contributed by atoms with Gasteiger partial charge in [0.2, 0.25) is 5.43 Å². The van der Waals surface area contributed by atoms with Crippen molar-refractivity contribution in [2.45, 2.75) is 25.6 Å². The minimum atomic E-state index is -0.392. The van der Waals surface area contributed by atoms with Crippen LogP contribution in [0.5, 0.6) is 0 Å². The lowest BCUT2D eigenvalue weighted by Gasteiger charge is -2.38. The predicted octanol–water partition coefficient (Wildman–Crippen LogP) is 2.91. The van der Waals surface area contributed by atoms with Crippen LogP contribution >= 0.6 is 11.3 Å². The van der Waals surface area contributed by atoms with E-state index < -0.39 is 5.79 Å². The zero-order valence-electron chi connectivity index (χ0n) is 12.6. The van der Waals surface area contributed by atoms with Gasteiger partial charge in [-0.25, -0.2) is 0 Å². The third-order valence-electron chi connectivity index (χ3n) is 4.59. The Kier molecular flexibility index (Phi) is 3.44. The second kappa shape index (κ2) is 5.33. The Morgan fingerprint density at radius 1 is 1.18 bits per heavy atom. The summed E-state index contributed by atoms with van der Waals surface area (Å²) in [4.78, 5) is 15.0. The van der Waals surface area contributed by atoms with E-state index in [9.17, 15) is 4.79 Å². The largest absolute Gasteiger partial charge is 0.367 e. The van der Waals surface area contributed by atoms with E-state index in [1.807, 2.05) is 24.4 Å². The van der Waals surface area contributed by atoms with Crippen molar-refractivity contribution in [1.29, 1.82) is 0 Å². The number of benzene rings is 1. The lowest BCUT2D eigenvalue weighted by Crippen LogP contribution is -2.46. The van der Waals surface area contributed by atoms with Gasteiger partial charge < -0.3 is 14.4 Å². The molecule has 0 N–H and O–H groups in total. The molecule has 2 aliphatic heterocycles. The highest BCUT2D eigenvalue weighted by Crippen LogP contribution is 2.33. The van der Waals surface area contributed by atoms with Gasteiger partial charge in [0.15, 0.2) is 5.79 Å². The molecule has 2 fully saturated rings. The molecular weight excluding hydrogens is 298 g/mol. The van der Waals surface area contributed by atoms with Crippen molar-refractivity contribution in [2.24, 2.45) is 0 Å². The number of aryl methyl sites for hydroxylation is 1. The van der Waals surface area contributed by atoms with Crippen molar-refractivity contribution in [3.63, 3.8) is 0 Å². The zero-order valence-corrected chi connectivity index (χ0v) is 13.4. The van der Waals surface area contributed by atoms with E-state index in [0.29, 0.717) is 13.2 Å². The summed E-state index contributed by atoms with van der Waals surface area (Å²) in [5, 5.41) is 2.82. The smallest absolute Gasteiger partial charge is 0.211 e. The van der Waals surface area contributed by atoms with Gasteiger partial charge in [-0.3, -0.25) is 4.79 Å². The minimum Gasteiger partial charge on any atom is -0.367 e. The van der Waals surface area contributed by atoms with E-state index in [1.165, 1.54) is 0 Å². The average molecular weight is 317 g/mol. The Morgan fingerprint density at radius 2 is 1.91 bits per heavy atom. The number of ether oxygens (including phenoxy) is 2. The van der Waals surface area contributed by atoms with E-state index >= 15 is 0 Å². The van der Waals surface area contributed by atoms with Gasteiger partial charge in [0.05, 0.1) is 18.9 Å². The summed E-state index contributed by atoms with van der Waals surface area (Å²) >= 11 is 1.64. The fourth-order valence-electron chi connectivity index (χ4n) is 3.33. The number of piperidine rings is 1. The van der Waals surface area contributed by atoms with Crippen molar-refractivity contribution in [1.82, 2.24) is 0 Å². The molecule has 0 unspecified atom stereocenters. The SMILES string of the molecule is Cc1ccc2scc(N3CCC4(CC3)OCCO4)c(=O)c2c1. The Bertz CT molecular complexity index is 754. The van der Waals surface area contributed by atoms with E-state index in [4.69, 9.17) is 9.47 Å². The highest BCUT2D eigenvalue weighted by atomic mass is 32.1. The summed E-state index contributed by atoms with van der Waals surface area (Å²) in [5.74, 6) is -0.392. The molecule has 0 radical (unpaired) electrons. The Hall–Kier alpha value is -1.43. The third-order valence-corrected chi connectivity index (χ3v) is 5.54. The first-order valence-electron chi connectivity index (χ1n) is 7.72. The molecule has 1 spiro atoms. The van der Waals surface area contributed by atoms with Crippen molar-refractivity contribution in [2.75, 3.05) is 31.2 Å². The van der Waals surface area contributed by atoms with E-state index in [2.05, 4.69) is 11.0 Å². The number of fused-ring (bicyclic) bond motifs is 1. The first-order valence-corrected chi connectivity index (χ1v) is 8.60. The standard InChI is InChI=1S/C17H19NO3S/c1-12-2-3-15-13(10-12)16(19)14(11-22-15)18-6-4-17(5-7-18)20-8-9-21-17/h2-3,10-11H,4-9H2,1H3. The maximum absolute atomic E-state index is 12.8. The minimum absolute atomic E-state index is 0.140. The van der Waals surface area contributed by atoms with Crippen LogP contribution in [0.2, 0.25) is 0 Å². The van der Waals surface area contributed by atoms with Gasteiger partial charge in [0.1, 0.15) is 0 Å². The molecule has 5 heteroatoms. The molecule has 0 atom stereocenters. The predicted molar refractivity (Wildman–Crippen MR) is 88.9 cm³/mol. The molecule has 22 heavy (non-hydrogen) atoms. The van der Waals surface area contributed by atoms with Crippen LogP contribution in [0.3, 0.4) is 0 Å². The first-order chi connectivity index (χ1) is 10.7. The molecule has 0 amide bonds. The topological polar surface area (TPSA) is 38.8 Å². The van der Waals surface area contributed by atoms with Crippen LogP contribution in [-0.4, -0.2) is 32.1 Å². The molecule has 1 aromatic heterocycles. The van der Waals surface area contributed by atoms with E-state index in [1.54, 1.807) is 11.3 Å². The molecule has 0 bridgehead atoms. The number of rotatable bonds is 1. The second-order valence-corrected chi connectivity index (χ2v) is 6.96. The summed E-state index contributed by atoms with van der Waals surface area (Å²) in [6.45, 7) is 5.00. The Morgan fingerprint density at radius 3 is 2.64 bits per heavy atom. The molecule has 1 aromatic carbocycles. The normalized spacial score (nSPS) is 20.9. The summed E-state index contributed by atoms with van der Waals surface area (Å²) in [6.07, 6.45) is 1.64. The molecule has 2 aliphatic rings. The molecule has 2 saturated heterocycles. The van der Waals surface area contributed by atoms with Gasteiger partial charge in [-0.05, 0) is 19.1 Å². The van der Waals surface area contributed by atoms with Crippen molar-refractivity contribution < 1.29 is 9.47 Å². The van der Waals surface area contributed by atoms with Gasteiger partial charge in [0.25, 0.3) is 0 Å². The zero-order chi connectivity index (χ0) is 15.2. The van der Waals surface area contributed by atoms with E-state index in [-0.39, 0.29) is 5.43 Å². The third kappa shape index (κ3) is 2.33. The Balaban J connectivity index is 1.64. The summed E-state index contributed by atoms with van der Waals surface area (Å²) in [5.41, 5.74) is 2.08. The van der Waals surface area contributed by atoms with Crippen LogP contribution in [0.1, 0.15) is 18.4 Å². The fraction of sp³-hybridized carbons (Fsp3) is 0.471. The van der Waals surface area contributed by atoms with Crippen LogP contribution < -0.4 is 10.3 Å². The second-order valence-electron chi connectivity index (χ2n) is 6.04. The van der Waals surface area contributed by atoms with Crippen LogP contribution in [0.4, 0.5) is 5.69 Å². The number of hydrogen-bond donors (Lipinski definition) is 0. The number of anilines is 1. The molecule has 116 valence electrons. The molecule has 4 rings (SSSR count). The maximum atomic E-state index is 12.8. The van der Waals surface area contributed by atoms with Gasteiger partial charge in [-0.1, -0.05) is 11.6 Å². The summed E-state index contributed by atoms with van der Waals surface area (Å²) in [6, 6.07) is 6.08. The number of hydrogen-bond acceptors (Lipinski definition) is 5. The van der Waals surface area contributed by atoms with Crippen LogP contribution in [-0.2, 0) is 9.47 Å². The van der Waals surface area contributed by atoms with Crippen LogP contribution in [0, 0.1) is 6.92 Å².